The van der Waals surface area contributed by atoms with Gasteiger partial charge in [-0.15, -0.1) is 0 Å². The summed E-state index contributed by atoms with van der Waals surface area (Å²) in [7, 11) is -4.14. The molecule has 0 aliphatic carbocycles. The van der Waals surface area contributed by atoms with E-state index in [1.54, 1.807) is 0 Å². The molecule has 0 radical (unpaired) electrons. The molecule has 0 bridgehead atoms. The van der Waals surface area contributed by atoms with Crippen molar-refractivity contribution >= 4 is 26.6 Å². The number of benzene rings is 2. The highest BCUT2D eigenvalue weighted by molar-refractivity contribution is 7.90. The number of hydrogen-bond donors (Lipinski definition) is 0. The average Bonchev–Trinajstić information content (AvgIpc) is 2.98. The average molecular weight is 370 g/mol. The van der Waals surface area contributed by atoms with Crippen LogP contribution in [0.25, 0.3) is 10.9 Å². The summed E-state index contributed by atoms with van der Waals surface area (Å²) in [5.74, 6) is 0. The molecule has 0 fully saturated rings. The van der Waals surface area contributed by atoms with Crippen molar-refractivity contribution in [2.24, 2.45) is 0 Å². The molecule has 10 heteroatoms. The number of aromatic nitrogens is 1. The van der Waals surface area contributed by atoms with Gasteiger partial charge in [-0.25, -0.2) is 12.4 Å². The van der Waals surface area contributed by atoms with E-state index >= 15 is 0 Å². The molecule has 0 aliphatic heterocycles. The minimum Gasteiger partial charge on any atom is -0.258 e. The molecule has 1 aromatic heterocycles. The Bertz CT molecular complexity index is 1070. The number of hydrogen-bond acceptors (Lipinski definition) is 4. The predicted octanol–water partition coefficient (Wildman–Crippen LogP) is 3.81. The van der Waals surface area contributed by atoms with E-state index in [1.165, 1.54) is 24.4 Å². The van der Waals surface area contributed by atoms with Crippen LogP contribution in [0, 0.1) is 10.1 Å². The fourth-order valence-corrected chi connectivity index (χ4v) is 3.71. The summed E-state index contributed by atoms with van der Waals surface area (Å²) in [6.45, 7) is 0. The van der Waals surface area contributed by atoms with Crippen molar-refractivity contribution in [2.75, 3.05) is 0 Å². The van der Waals surface area contributed by atoms with E-state index in [4.69, 9.17) is 0 Å². The highest BCUT2D eigenvalue weighted by Crippen LogP contribution is 2.31. The van der Waals surface area contributed by atoms with Crippen LogP contribution < -0.4 is 0 Å². The van der Waals surface area contributed by atoms with Crippen LogP contribution in [0.15, 0.2) is 59.6 Å². The van der Waals surface area contributed by atoms with Gasteiger partial charge in [0.05, 0.1) is 20.9 Å². The maximum atomic E-state index is 12.6. The van der Waals surface area contributed by atoms with Crippen LogP contribution in [0.4, 0.5) is 18.9 Å². The Morgan fingerprint density at radius 3 is 2.20 bits per heavy atom. The van der Waals surface area contributed by atoms with Crippen LogP contribution in [-0.2, 0) is 16.2 Å². The second-order valence-corrected chi connectivity index (χ2v) is 6.95. The number of alkyl halides is 3. The monoisotopic (exact) mass is 370 g/mol. The van der Waals surface area contributed by atoms with Crippen LogP contribution in [0.3, 0.4) is 0 Å². The van der Waals surface area contributed by atoms with Crippen molar-refractivity contribution in [3.63, 3.8) is 0 Å². The highest BCUT2D eigenvalue weighted by Gasteiger charge is 2.31. The lowest BCUT2D eigenvalue weighted by Crippen LogP contribution is -2.12. The smallest absolute Gasteiger partial charge is 0.258 e. The van der Waals surface area contributed by atoms with Crippen molar-refractivity contribution in [3.8, 4) is 0 Å². The standard InChI is InChI=1S/C15H9F3N2O4S/c16-15(17,18)11-1-4-13(5-2-11)25(23,24)19-8-7-10-9-12(20(21)22)3-6-14(10)19/h1-9H. The third-order valence-electron chi connectivity index (χ3n) is 3.59. The Balaban J connectivity index is 2.08. The summed E-state index contributed by atoms with van der Waals surface area (Å²) in [6, 6.07) is 8.13. The van der Waals surface area contributed by atoms with Gasteiger partial charge in [-0.3, -0.25) is 10.1 Å². The molecule has 0 aliphatic rings. The molecule has 0 spiro atoms. The maximum Gasteiger partial charge on any atom is 0.416 e. The van der Waals surface area contributed by atoms with Gasteiger partial charge >= 0.3 is 6.18 Å². The number of nitro groups is 1. The van der Waals surface area contributed by atoms with Gasteiger partial charge in [0, 0.05) is 23.7 Å². The minimum atomic E-state index is -4.57. The fourth-order valence-electron chi connectivity index (χ4n) is 2.36. The Labute approximate surface area is 139 Å². The molecule has 0 saturated carbocycles. The predicted molar refractivity (Wildman–Crippen MR) is 82.6 cm³/mol. The first kappa shape index (κ1) is 17.0. The van der Waals surface area contributed by atoms with Gasteiger partial charge in [0.15, 0.2) is 0 Å². The molecule has 3 aromatic rings. The van der Waals surface area contributed by atoms with Crippen LogP contribution in [-0.4, -0.2) is 17.3 Å². The van der Waals surface area contributed by atoms with Crippen molar-refractivity contribution in [2.45, 2.75) is 11.1 Å². The first-order valence-corrected chi connectivity index (χ1v) is 8.23. The zero-order valence-corrected chi connectivity index (χ0v) is 13.1. The molecule has 0 amide bonds. The number of nitrogens with zero attached hydrogens (tertiary/aromatic N) is 2. The van der Waals surface area contributed by atoms with Crippen LogP contribution >= 0.6 is 0 Å². The largest absolute Gasteiger partial charge is 0.416 e. The van der Waals surface area contributed by atoms with E-state index in [0.29, 0.717) is 17.5 Å². The van der Waals surface area contributed by atoms with Crippen molar-refractivity contribution in [1.29, 1.82) is 0 Å². The SMILES string of the molecule is O=[N+]([O-])c1ccc2c(ccn2S(=O)(=O)c2ccc(C(F)(F)F)cc2)c1. The zero-order chi connectivity index (χ0) is 18.4. The summed E-state index contributed by atoms with van der Waals surface area (Å²) in [6.07, 6.45) is -3.37. The summed E-state index contributed by atoms with van der Waals surface area (Å²) in [4.78, 5) is 9.84. The second-order valence-electron chi connectivity index (χ2n) is 5.14. The van der Waals surface area contributed by atoms with Gasteiger partial charge in [0.1, 0.15) is 0 Å². The first-order valence-electron chi connectivity index (χ1n) is 6.79. The molecule has 6 nitrogen and oxygen atoms in total. The quantitative estimate of drug-likeness (QED) is 0.519. The Morgan fingerprint density at radius 2 is 1.64 bits per heavy atom. The topological polar surface area (TPSA) is 82.2 Å². The number of nitro benzene ring substituents is 1. The lowest BCUT2D eigenvalue weighted by atomic mass is 10.2. The molecule has 2 aromatic carbocycles. The Kier molecular flexibility index (Phi) is 3.79. The summed E-state index contributed by atoms with van der Waals surface area (Å²) in [5.41, 5.74) is -0.970. The van der Waals surface area contributed by atoms with Crippen molar-refractivity contribution < 1.29 is 26.5 Å². The highest BCUT2D eigenvalue weighted by atomic mass is 32.2. The van der Waals surface area contributed by atoms with Crippen molar-refractivity contribution in [1.82, 2.24) is 3.97 Å². The lowest BCUT2D eigenvalue weighted by molar-refractivity contribution is -0.384. The molecular weight excluding hydrogens is 361 g/mol. The molecular formula is C15H9F3N2O4S. The van der Waals surface area contributed by atoms with Gasteiger partial charge in [-0.1, -0.05) is 0 Å². The van der Waals surface area contributed by atoms with Gasteiger partial charge in [-0.2, -0.15) is 13.2 Å². The van der Waals surface area contributed by atoms with E-state index in [0.717, 1.165) is 22.2 Å². The van der Waals surface area contributed by atoms with E-state index < -0.39 is 26.7 Å². The van der Waals surface area contributed by atoms with Crippen LogP contribution in [0.5, 0.6) is 0 Å². The van der Waals surface area contributed by atoms with Gasteiger partial charge < -0.3 is 0 Å². The van der Waals surface area contributed by atoms with E-state index in [-0.39, 0.29) is 16.1 Å². The molecule has 130 valence electrons. The fraction of sp³-hybridized carbons (Fsp3) is 0.0667. The van der Waals surface area contributed by atoms with E-state index in [9.17, 15) is 31.7 Å². The Morgan fingerprint density at radius 1 is 1.00 bits per heavy atom. The molecule has 3 rings (SSSR count). The zero-order valence-electron chi connectivity index (χ0n) is 12.3. The Hall–Kier alpha value is -2.88. The molecule has 0 saturated heterocycles. The van der Waals surface area contributed by atoms with Gasteiger partial charge in [-0.05, 0) is 36.4 Å². The third kappa shape index (κ3) is 2.95. The van der Waals surface area contributed by atoms with Crippen LogP contribution in [0.2, 0.25) is 0 Å². The van der Waals surface area contributed by atoms with Gasteiger partial charge in [0.2, 0.25) is 0 Å². The molecule has 0 atom stereocenters. The van der Waals surface area contributed by atoms with E-state index in [1.807, 2.05) is 0 Å². The summed E-state index contributed by atoms with van der Waals surface area (Å²) < 4.78 is 63.9. The number of fused-ring (bicyclic) bond motifs is 1. The second kappa shape index (κ2) is 5.59. The third-order valence-corrected chi connectivity index (χ3v) is 5.29. The molecule has 0 unspecified atom stereocenters. The summed E-state index contributed by atoms with van der Waals surface area (Å²) in [5, 5.41) is 11.1. The lowest BCUT2D eigenvalue weighted by Gasteiger charge is -2.10. The number of rotatable bonds is 3. The van der Waals surface area contributed by atoms with Gasteiger partial charge in [0.25, 0.3) is 15.7 Å². The molecule has 1 heterocycles. The first-order chi connectivity index (χ1) is 11.6. The summed E-state index contributed by atoms with van der Waals surface area (Å²) >= 11 is 0. The minimum absolute atomic E-state index is 0.186. The van der Waals surface area contributed by atoms with Crippen LogP contribution in [0.1, 0.15) is 5.56 Å². The molecule has 0 N–H and O–H groups in total. The van der Waals surface area contributed by atoms with Crippen molar-refractivity contribution in [3.05, 3.63) is 70.4 Å². The normalized spacial score (nSPS) is 12.4. The number of non-ortho nitro benzene ring substituents is 1. The maximum absolute atomic E-state index is 12.6. The van der Waals surface area contributed by atoms with E-state index in [2.05, 4.69) is 0 Å². The number of halogens is 3. The molecule has 25 heavy (non-hydrogen) atoms.